The molecule has 0 radical (unpaired) electrons. The number of hydrogen-bond acceptors (Lipinski definition) is 5. The minimum Gasteiger partial charge on any atom is -0.487 e. The van der Waals surface area contributed by atoms with Crippen molar-refractivity contribution < 1.29 is 14.3 Å². The zero-order valence-corrected chi connectivity index (χ0v) is 18.3. The summed E-state index contributed by atoms with van der Waals surface area (Å²) in [6, 6.07) is 9.78. The Hall–Kier alpha value is -2.96. The maximum Gasteiger partial charge on any atom is 0.255 e. The van der Waals surface area contributed by atoms with E-state index in [1.165, 1.54) is 12.4 Å². The minimum absolute atomic E-state index is 0.0192. The Bertz CT molecular complexity index is 921. The fraction of sp³-hybridized carbons (Fsp3) is 0.500. The Morgan fingerprint density at radius 2 is 1.87 bits per heavy atom. The van der Waals surface area contributed by atoms with Crippen LogP contribution < -0.4 is 4.74 Å². The lowest BCUT2D eigenvalue weighted by atomic mass is 9.76. The number of piperidine rings is 1. The van der Waals surface area contributed by atoms with Crippen molar-refractivity contribution in [3.8, 4) is 5.75 Å². The molecule has 2 amide bonds. The molecule has 1 atom stereocenters. The summed E-state index contributed by atoms with van der Waals surface area (Å²) in [6.07, 6.45) is 5.85. The highest BCUT2D eigenvalue weighted by molar-refractivity contribution is 5.93. The molecule has 7 heteroatoms. The Kier molecular flexibility index (Phi) is 6.20. The van der Waals surface area contributed by atoms with E-state index < -0.39 is 0 Å². The summed E-state index contributed by atoms with van der Waals surface area (Å²) in [7, 11) is 0. The van der Waals surface area contributed by atoms with Crippen molar-refractivity contribution in [3.05, 3.63) is 53.9 Å². The number of nitrogens with zero attached hydrogens (tertiary/aromatic N) is 4. The summed E-state index contributed by atoms with van der Waals surface area (Å²) in [4.78, 5) is 29.4. The quantitative estimate of drug-likeness (QED) is 0.739. The highest BCUT2D eigenvalue weighted by Gasteiger charge is 2.44. The van der Waals surface area contributed by atoms with Crippen LogP contribution in [-0.2, 0) is 4.79 Å². The molecule has 0 saturated carbocycles. The van der Waals surface area contributed by atoms with Gasteiger partial charge in [-0.25, -0.2) is 0 Å². The average molecular weight is 423 g/mol. The Labute approximate surface area is 183 Å². The molecule has 2 aliphatic heterocycles. The molecule has 164 valence electrons. The number of likely N-dealkylation sites (tertiary alicyclic amines) is 1. The molecule has 1 spiro atoms. The number of para-hydroxylation sites is 1. The zero-order chi connectivity index (χ0) is 21.8. The molecule has 4 rings (SSSR count). The van der Waals surface area contributed by atoms with Crippen LogP contribution in [0, 0.1) is 0 Å². The van der Waals surface area contributed by atoms with Crippen molar-refractivity contribution in [2.24, 2.45) is 0 Å². The number of amides is 2. The third kappa shape index (κ3) is 4.40. The Morgan fingerprint density at radius 3 is 2.55 bits per heavy atom. The van der Waals surface area contributed by atoms with E-state index in [0.29, 0.717) is 25.1 Å². The molecule has 2 aliphatic rings. The molecule has 1 fully saturated rings. The number of rotatable bonds is 5. The lowest BCUT2D eigenvalue weighted by molar-refractivity contribution is -0.131. The first-order valence-corrected chi connectivity index (χ1v) is 11.2. The number of carbonyl (C=O) groups is 2. The summed E-state index contributed by atoms with van der Waals surface area (Å²) >= 11 is 0. The normalized spacial score (nSPS) is 19.4. The predicted molar refractivity (Wildman–Crippen MR) is 117 cm³/mol. The smallest absolute Gasteiger partial charge is 0.255 e. The van der Waals surface area contributed by atoms with E-state index in [2.05, 4.69) is 16.3 Å². The van der Waals surface area contributed by atoms with Gasteiger partial charge in [-0.3, -0.25) is 9.59 Å². The van der Waals surface area contributed by atoms with Crippen LogP contribution in [0.15, 0.2) is 42.7 Å². The SMILES string of the molecule is CCN(CC)C(=O)C[C@@H]1CC2(CCN(C(=O)c3ccnnc3)CC2)Oc2ccccc21. The van der Waals surface area contributed by atoms with E-state index in [-0.39, 0.29) is 23.3 Å². The lowest BCUT2D eigenvalue weighted by Crippen LogP contribution is -2.52. The van der Waals surface area contributed by atoms with Gasteiger partial charge in [-0.15, -0.1) is 0 Å². The van der Waals surface area contributed by atoms with Crippen LogP contribution in [-0.4, -0.2) is 63.6 Å². The largest absolute Gasteiger partial charge is 0.487 e. The van der Waals surface area contributed by atoms with E-state index in [1.807, 2.05) is 41.8 Å². The summed E-state index contributed by atoms with van der Waals surface area (Å²) in [5, 5.41) is 7.56. The van der Waals surface area contributed by atoms with Gasteiger partial charge in [-0.05, 0) is 38.0 Å². The van der Waals surface area contributed by atoms with Crippen LogP contribution in [0.4, 0.5) is 0 Å². The van der Waals surface area contributed by atoms with Crippen molar-refractivity contribution in [2.75, 3.05) is 26.2 Å². The molecular weight excluding hydrogens is 392 g/mol. The second kappa shape index (κ2) is 9.04. The van der Waals surface area contributed by atoms with Gasteiger partial charge in [-0.2, -0.15) is 10.2 Å². The van der Waals surface area contributed by atoms with Crippen LogP contribution in [0.5, 0.6) is 5.75 Å². The second-order valence-electron chi connectivity index (χ2n) is 8.42. The van der Waals surface area contributed by atoms with Gasteiger partial charge in [0.2, 0.25) is 5.91 Å². The van der Waals surface area contributed by atoms with Crippen LogP contribution in [0.2, 0.25) is 0 Å². The molecule has 31 heavy (non-hydrogen) atoms. The maximum absolute atomic E-state index is 12.9. The van der Waals surface area contributed by atoms with E-state index in [4.69, 9.17) is 4.74 Å². The van der Waals surface area contributed by atoms with Crippen LogP contribution in [0.25, 0.3) is 0 Å². The molecule has 0 unspecified atom stereocenters. The van der Waals surface area contributed by atoms with E-state index in [1.54, 1.807) is 6.07 Å². The molecule has 7 nitrogen and oxygen atoms in total. The highest BCUT2D eigenvalue weighted by Crippen LogP contribution is 2.46. The fourth-order valence-corrected chi connectivity index (χ4v) is 4.87. The van der Waals surface area contributed by atoms with Crippen molar-refractivity contribution in [1.82, 2.24) is 20.0 Å². The molecular formula is C24H30N4O3. The topological polar surface area (TPSA) is 75.6 Å². The van der Waals surface area contributed by atoms with Crippen molar-refractivity contribution in [2.45, 2.75) is 51.0 Å². The standard InChI is InChI=1S/C24H30N4O3/c1-3-27(4-2)22(29)15-19-16-24(31-21-8-6-5-7-20(19)21)10-13-28(14-11-24)23(30)18-9-12-25-26-17-18/h5-9,12,17,19H,3-4,10-11,13-16H2,1-2H3/t19-/m1/s1. The minimum atomic E-state index is -0.337. The molecule has 1 saturated heterocycles. The predicted octanol–water partition coefficient (Wildman–Crippen LogP) is 3.28. The van der Waals surface area contributed by atoms with Gasteiger partial charge in [0, 0.05) is 51.4 Å². The first-order chi connectivity index (χ1) is 15.0. The summed E-state index contributed by atoms with van der Waals surface area (Å²) in [5.41, 5.74) is 1.34. The molecule has 1 aromatic carbocycles. The van der Waals surface area contributed by atoms with Gasteiger partial charge in [0.1, 0.15) is 11.4 Å². The molecule has 1 aromatic heterocycles. The van der Waals surface area contributed by atoms with Crippen molar-refractivity contribution in [3.63, 3.8) is 0 Å². The summed E-state index contributed by atoms with van der Waals surface area (Å²) in [5.74, 6) is 1.18. The number of ether oxygens (including phenoxy) is 1. The first kappa shape index (κ1) is 21.3. The number of hydrogen-bond donors (Lipinski definition) is 0. The zero-order valence-electron chi connectivity index (χ0n) is 18.3. The monoisotopic (exact) mass is 422 g/mol. The van der Waals surface area contributed by atoms with Gasteiger partial charge >= 0.3 is 0 Å². The Balaban J connectivity index is 1.50. The molecule has 0 N–H and O–H groups in total. The van der Waals surface area contributed by atoms with E-state index >= 15 is 0 Å². The van der Waals surface area contributed by atoms with E-state index in [9.17, 15) is 9.59 Å². The molecule has 2 aromatic rings. The van der Waals surface area contributed by atoms with Gasteiger partial charge in [0.05, 0.1) is 18.0 Å². The number of benzene rings is 1. The maximum atomic E-state index is 12.9. The third-order valence-electron chi connectivity index (χ3n) is 6.63. The summed E-state index contributed by atoms with van der Waals surface area (Å²) in [6.45, 7) is 6.75. The van der Waals surface area contributed by atoms with Crippen LogP contribution in [0.1, 0.15) is 61.4 Å². The molecule has 3 heterocycles. The number of aromatic nitrogens is 2. The van der Waals surface area contributed by atoms with Crippen LogP contribution in [0.3, 0.4) is 0 Å². The van der Waals surface area contributed by atoms with Gasteiger partial charge in [-0.1, -0.05) is 18.2 Å². The third-order valence-corrected chi connectivity index (χ3v) is 6.63. The number of fused-ring (bicyclic) bond motifs is 1. The highest BCUT2D eigenvalue weighted by atomic mass is 16.5. The van der Waals surface area contributed by atoms with Crippen molar-refractivity contribution >= 4 is 11.8 Å². The summed E-state index contributed by atoms with van der Waals surface area (Å²) < 4.78 is 6.53. The molecule has 0 aliphatic carbocycles. The van der Waals surface area contributed by atoms with E-state index in [0.717, 1.165) is 43.7 Å². The first-order valence-electron chi connectivity index (χ1n) is 11.2. The van der Waals surface area contributed by atoms with Crippen LogP contribution >= 0.6 is 0 Å². The van der Waals surface area contributed by atoms with Gasteiger partial charge in [0.15, 0.2) is 0 Å². The van der Waals surface area contributed by atoms with Crippen molar-refractivity contribution in [1.29, 1.82) is 0 Å². The average Bonchev–Trinajstić information content (AvgIpc) is 2.80. The van der Waals surface area contributed by atoms with Gasteiger partial charge < -0.3 is 14.5 Å². The lowest BCUT2D eigenvalue weighted by Gasteiger charge is -2.47. The van der Waals surface area contributed by atoms with Gasteiger partial charge in [0.25, 0.3) is 5.91 Å². The fourth-order valence-electron chi connectivity index (χ4n) is 4.87. The second-order valence-corrected chi connectivity index (χ2v) is 8.42. The Morgan fingerprint density at radius 1 is 1.13 bits per heavy atom. The molecule has 0 bridgehead atoms. The number of carbonyl (C=O) groups excluding carboxylic acids is 2.